The van der Waals surface area contributed by atoms with Crippen molar-refractivity contribution in [3.63, 3.8) is 0 Å². The zero-order valence-electron chi connectivity index (χ0n) is 49.5. The number of aliphatic hydroxyl groups is 7. The number of phenols is 1. The van der Waals surface area contributed by atoms with E-state index in [-0.39, 0.29) is 35.2 Å². The van der Waals surface area contributed by atoms with Gasteiger partial charge in [0, 0.05) is 55.1 Å². The molecule has 0 spiro atoms. The van der Waals surface area contributed by atoms with Crippen LogP contribution in [0.2, 0.25) is 0 Å². The van der Waals surface area contributed by atoms with Gasteiger partial charge in [-0.05, 0) is 90.7 Å². The summed E-state index contributed by atoms with van der Waals surface area (Å²) in [6.45, 7) is 3.27. The van der Waals surface area contributed by atoms with Crippen molar-refractivity contribution in [3.8, 4) is 51.3 Å². The summed E-state index contributed by atoms with van der Waals surface area (Å²) in [7, 11) is 0. The van der Waals surface area contributed by atoms with Crippen LogP contribution in [0.5, 0.6) is 17.2 Å². The molecule has 0 saturated carbocycles. The van der Waals surface area contributed by atoms with Crippen LogP contribution in [0.25, 0.3) is 34.0 Å². The fraction of sp³-hybridized carbons (Fsp3) is 0.424. The predicted octanol–water partition coefficient (Wildman–Crippen LogP) is -1.76. The van der Waals surface area contributed by atoms with Gasteiger partial charge < -0.3 is 96.3 Å². The highest BCUT2D eigenvalue weighted by Gasteiger charge is 2.50. The Morgan fingerprint density at radius 3 is 1.97 bits per heavy atom. The maximum atomic E-state index is 14.7. The van der Waals surface area contributed by atoms with E-state index in [1.54, 1.807) is 0 Å². The molecule has 4 heterocycles. The molecule has 0 aliphatic carbocycles. The zero-order chi connectivity index (χ0) is 66.7. The van der Waals surface area contributed by atoms with Crippen LogP contribution in [0, 0.1) is 5.92 Å². The smallest absolute Gasteiger partial charge is 0.261 e. The number of aliphatic hydroxyl groups excluding tert-OH is 7. The number of nitrogens with two attached hydrogens (primary N) is 1. The van der Waals surface area contributed by atoms with E-state index < -0.39 is 183 Å². The van der Waals surface area contributed by atoms with Crippen LogP contribution in [0.4, 0.5) is 0 Å². The number of rotatable bonds is 19. The number of β-amino-alcohol motifs (C(OH)–C–C–N with tert-alkyl or cyclic N) is 1. The molecule has 3 aliphatic heterocycles. The Balaban J connectivity index is 1.08. The Kier molecular flexibility index (Phi) is 23.2. The Bertz CT molecular complexity index is 3440. The average molecular weight is 1300 g/mol. The number of benzene rings is 4. The highest BCUT2D eigenvalue weighted by Crippen LogP contribution is 2.35. The fourth-order valence-electron chi connectivity index (χ4n) is 10.7. The lowest BCUT2D eigenvalue weighted by Crippen LogP contribution is -2.64. The standard InChI is InChI=1S/C59H70N10O22S/c1-4-19-87-37-16-13-30(14-17-37)29-5-9-32(10-6-29)56-66-67-57(88-56)33-11-7-31(8-12-33)51(79)62-38-21-35(71)24-61-55(83)47-48(76)27(2)25-69(47)59(85)45(41(74)23-43(60)75)64-54(82)46(50(78)49(77)34-15-18-40(73)42(20-34)89-92-91-90-86)65-53(81)39-22-36(72)26-68(39)58(84)44(28(3)70)63-52(38)80/h5-18,20,27-28,35-36,38-39,41,44-50,70-74,76-78,86H,4,19,21-26H2,1-3H3,(H2,60,75)(H,61,83)(H,62,79)(H,63,80)(H,64,82)(H,65,81)/t27?,28?,35?,36?,38-,39?,41?,44?,45?,46?,47?,48?,49?,50?/m0/s1. The van der Waals surface area contributed by atoms with E-state index >= 15 is 0 Å². The summed E-state index contributed by atoms with van der Waals surface area (Å²) in [5.41, 5.74) is 7.85. The van der Waals surface area contributed by atoms with E-state index in [4.69, 9.17) is 24.3 Å². The van der Waals surface area contributed by atoms with Gasteiger partial charge in [0.2, 0.25) is 53.1 Å². The summed E-state index contributed by atoms with van der Waals surface area (Å²) in [5, 5.41) is 122. The van der Waals surface area contributed by atoms with Crippen molar-refractivity contribution < 1.29 is 107 Å². The molecule has 92 heavy (non-hydrogen) atoms. The monoisotopic (exact) mass is 1300 g/mol. The predicted molar refractivity (Wildman–Crippen MR) is 317 cm³/mol. The maximum Gasteiger partial charge on any atom is 0.261 e. The highest BCUT2D eigenvalue weighted by molar-refractivity contribution is 7.90. The second-order valence-corrected chi connectivity index (χ2v) is 22.7. The molecular formula is C59H70N10O22S. The highest BCUT2D eigenvalue weighted by atomic mass is 32.2. The number of aromatic hydroxyl groups is 1. The van der Waals surface area contributed by atoms with Gasteiger partial charge in [-0.15, -0.1) is 10.2 Å². The van der Waals surface area contributed by atoms with Gasteiger partial charge in [-0.2, -0.15) is 0 Å². The van der Waals surface area contributed by atoms with E-state index in [1.807, 2.05) is 55.5 Å². The Morgan fingerprint density at radius 1 is 0.750 bits per heavy atom. The van der Waals surface area contributed by atoms with Crippen molar-refractivity contribution in [2.75, 3.05) is 26.2 Å². The van der Waals surface area contributed by atoms with Crippen LogP contribution in [-0.2, 0) is 42.9 Å². The molecule has 3 saturated heterocycles. The first-order valence-electron chi connectivity index (χ1n) is 28.9. The van der Waals surface area contributed by atoms with Gasteiger partial charge >= 0.3 is 0 Å². The molecule has 0 radical (unpaired) electrons. The van der Waals surface area contributed by atoms with Crippen LogP contribution in [0.15, 0.2) is 95.4 Å². The minimum Gasteiger partial charge on any atom is -0.504 e. The molecule has 8 amide bonds. The van der Waals surface area contributed by atoms with E-state index in [9.17, 15) is 79.2 Å². The van der Waals surface area contributed by atoms with Gasteiger partial charge in [0.1, 0.15) is 54.2 Å². The molecule has 3 fully saturated rings. The summed E-state index contributed by atoms with van der Waals surface area (Å²) in [6.07, 6.45) is -15.4. The van der Waals surface area contributed by atoms with Crippen LogP contribution in [0.1, 0.15) is 68.5 Å². The number of carbonyl (C=O) groups is 8. The van der Waals surface area contributed by atoms with Crippen molar-refractivity contribution >= 4 is 59.6 Å². The quantitative estimate of drug-likeness (QED) is 0.0188. The molecule has 494 valence electrons. The first-order chi connectivity index (χ1) is 43.9. The molecule has 4 aromatic carbocycles. The number of phenolic OH excluding ortho intramolecular Hbond substituents is 1. The average Bonchev–Trinajstić information content (AvgIpc) is 1.60. The number of amides is 8. The molecule has 1 aromatic heterocycles. The Morgan fingerprint density at radius 2 is 1.35 bits per heavy atom. The van der Waals surface area contributed by atoms with Gasteiger partial charge in [0.05, 0.1) is 43.5 Å². The van der Waals surface area contributed by atoms with Crippen molar-refractivity contribution in [2.24, 2.45) is 11.7 Å². The summed E-state index contributed by atoms with van der Waals surface area (Å²) >= 11 is -0.0271. The molecule has 3 aliphatic rings. The SMILES string of the molecule is CCCOc1ccc(-c2ccc(-c3nnc(-c4ccc(C(=O)N[C@H]5CC(O)CNC(=O)C6C(O)C(C)CN6C(=O)C(C(O)CC(N)=O)NC(=O)C(C(O)C(O)c6ccc(O)c(OSOOO)c6)NC(=O)C6CC(O)CN6C(=O)C(C(C)O)NC5=O)cc4)o3)cc2)cc1. The number of nitrogens with one attached hydrogen (secondary N) is 5. The summed E-state index contributed by atoms with van der Waals surface area (Å²) in [5.74, 6) is -11.0. The third-order valence-electron chi connectivity index (χ3n) is 15.6. The van der Waals surface area contributed by atoms with Crippen LogP contribution >= 0.6 is 12.3 Å². The number of ether oxygens (including phenoxy) is 1. The Hall–Kier alpha value is -8.87. The van der Waals surface area contributed by atoms with Crippen molar-refractivity contribution in [3.05, 3.63) is 102 Å². The second-order valence-electron chi connectivity index (χ2n) is 22.3. The molecule has 33 heteroatoms. The summed E-state index contributed by atoms with van der Waals surface area (Å²) < 4.78 is 20.9. The second kappa shape index (κ2) is 31.0. The lowest BCUT2D eigenvalue weighted by molar-refractivity contribution is -0.433. The van der Waals surface area contributed by atoms with E-state index in [0.717, 1.165) is 53.3 Å². The Labute approximate surface area is 528 Å². The van der Waals surface area contributed by atoms with Crippen molar-refractivity contribution in [1.82, 2.24) is 46.6 Å². The number of hydrogen-bond donors (Lipinski definition) is 15. The summed E-state index contributed by atoms with van der Waals surface area (Å²) in [6, 6.07) is 11.3. The third kappa shape index (κ3) is 16.6. The minimum atomic E-state index is -2.54. The topological polar surface area (TPSA) is 487 Å². The first kappa shape index (κ1) is 69.0. The van der Waals surface area contributed by atoms with E-state index in [2.05, 4.69) is 46.2 Å². The lowest BCUT2D eigenvalue weighted by atomic mass is 9.96. The minimum absolute atomic E-state index is 0.0271. The molecule has 8 rings (SSSR count). The van der Waals surface area contributed by atoms with E-state index in [1.165, 1.54) is 31.2 Å². The van der Waals surface area contributed by atoms with Crippen LogP contribution in [-0.4, -0.2) is 212 Å². The normalized spacial score (nSPS) is 24.9. The van der Waals surface area contributed by atoms with Gasteiger partial charge in [-0.1, -0.05) is 53.6 Å². The number of nitrogens with zero attached hydrogens (tertiary/aromatic N) is 4. The molecule has 16 N–H and O–H groups in total. The van der Waals surface area contributed by atoms with Crippen molar-refractivity contribution in [2.45, 2.75) is 125 Å². The number of hydrogen-bond acceptors (Lipinski definition) is 25. The molecule has 32 nitrogen and oxygen atoms in total. The van der Waals surface area contributed by atoms with E-state index in [0.29, 0.717) is 22.6 Å². The first-order valence-corrected chi connectivity index (χ1v) is 29.6. The molecular weight excluding hydrogens is 1230 g/mol. The lowest BCUT2D eigenvalue weighted by Gasteiger charge is -2.34. The molecule has 5 aromatic rings. The van der Waals surface area contributed by atoms with Gasteiger partial charge in [-0.25, -0.2) is 5.26 Å². The number of fused-ring (bicyclic) bond motifs is 2. The van der Waals surface area contributed by atoms with Gasteiger partial charge in [-0.3, -0.25) is 38.4 Å². The van der Waals surface area contributed by atoms with Crippen LogP contribution in [0.3, 0.4) is 0 Å². The molecule has 14 atom stereocenters. The van der Waals surface area contributed by atoms with Crippen LogP contribution < -0.4 is 41.2 Å². The number of primary amides is 1. The number of aromatic nitrogens is 2. The maximum absolute atomic E-state index is 14.7. The summed E-state index contributed by atoms with van der Waals surface area (Å²) in [4.78, 5) is 115. The third-order valence-corrected chi connectivity index (χ3v) is 15.9. The number of carbonyl (C=O) groups excluding carboxylic acids is 8. The molecule has 13 unspecified atom stereocenters. The van der Waals surface area contributed by atoms with Gasteiger partial charge in [0.15, 0.2) is 11.5 Å². The fourth-order valence-corrected chi connectivity index (χ4v) is 10.9. The molecule has 0 bridgehead atoms. The van der Waals surface area contributed by atoms with Crippen molar-refractivity contribution in [1.29, 1.82) is 0 Å². The largest absolute Gasteiger partial charge is 0.504 e. The van der Waals surface area contributed by atoms with Gasteiger partial charge in [0.25, 0.3) is 18.2 Å². The zero-order valence-corrected chi connectivity index (χ0v) is 50.3.